The van der Waals surface area contributed by atoms with Crippen molar-refractivity contribution in [3.05, 3.63) is 23.8 Å². The van der Waals surface area contributed by atoms with Crippen molar-refractivity contribution in [1.82, 2.24) is 4.90 Å². The molecule has 0 spiro atoms. The predicted molar refractivity (Wildman–Crippen MR) is 78.7 cm³/mol. The summed E-state index contributed by atoms with van der Waals surface area (Å²) in [4.78, 5) is 14.0. The van der Waals surface area contributed by atoms with Crippen LogP contribution in [0.15, 0.2) is 18.2 Å². The zero-order valence-corrected chi connectivity index (χ0v) is 13.1. The van der Waals surface area contributed by atoms with E-state index < -0.39 is 9.84 Å². The molecule has 1 fully saturated rings. The summed E-state index contributed by atoms with van der Waals surface area (Å²) in [7, 11) is 1.62. The first-order chi connectivity index (χ1) is 9.86. The zero-order chi connectivity index (χ0) is 15.6. The van der Waals surface area contributed by atoms with Crippen LogP contribution in [0.4, 0.5) is 0 Å². The Morgan fingerprint density at radius 2 is 1.76 bits per heavy atom. The highest BCUT2D eigenvalue weighted by atomic mass is 32.2. The standard InChI is InChI=1S/C14H19NO5S/c1-15(11-4-5-21(17,18)9-11)14(16)10-6-12(19-2)8-13(7-10)20-3/h6-8,11H,4-5,9H2,1-3H3/t11-/m0/s1. The Morgan fingerprint density at radius 1 is 1.19 bits per heavy atom. The average Bonchev–Trinajstić information content (AvgIpc) is 2.85. The third-order valence-corrected chi connectivity index (χ3v) is 5.43. The van der Waals surface area contributed by atoms with Gasteiger partial charge in [0.05, 0.1) is 25.7 Å². The van der Waals surface area contributed by atoms with E-state index in [2.05, 4.69) is 0 Å². The van der Waals surface area contributed by atoms with Gasteiger partial charge in [-0.3, -0.25) is 4.79 Å². The Balaban J connectivity index is 2.23. The van der Waals surface area contributed by atoms with Gasteiger partial charge in [0.1, 0.15) is 11.5 Å². The number of amides is 1. The lowest BCUT2D eigenvalue weighted by atomic mass is 10.1. The van der Waals surface area contributed by atoms with Crippen LogP contribution in [0.1, 0.15) is 16.8 Å². The topological polar surface area (TPSA) is 72.9 Å². The van der Waals surface area contributed by atoms with Crippen molar-refractivity contribution in [2.75, 3.05) is 32.8 Å². The molecule has 1 aromatic carbocycles. The quantitative estimate of drug-likeness (QED) is 0.828. The second-order valence-corrected chi connectivity index (χ2v) is 7.30. The minimum atomic E-state index is -3.03. The highest BCUT2D eigenvalue weighted by Crippen LogP contribution is 2.25. The molecule has 0 unspecified atom stereocenters. The van der Waals surface area contributed by atoms with Crippen LogP contribution in [0.5, 0.6) is 11.5 Å². The van der Waals surface area contributed by atoms with E-state index in [9.17, 15) is 13.2 Å². The summed E-state index contributed by atoms with van der Waals surface area (Å²) >= 11 is 0. The molecule has 6 nitrogen and oxygen atoms in total. The number of hydrogen-bond acceptors (Lipinski definition) is 5. The second-order valence-electron chi connectivity index (χ2n) is 5.07. The van der Waals surface area contributed by atoms with Crippen molar-refractivity contribution >= 4 is 15.7 Å². The minimum absolute atomic E-state index is 0.0242. The first kappa shape index (κ1) is 15.6. The Kier molecular flexibility index (Phi) is 4.41. The van der Waals surface area contributed by atoms with Crippen molar-refractivity contribution in [3.8, 4) is 11.5 Å². The van der Waals surface area contributed by atoms with E-state index in [1.54, 1.807) is 25.2 Å². The summed E-state index contributed by atoms with van der Waals surface area (Å²) in [5, 5.41) is 0. The molecule has 21 heavy (non-hydrogen) atoms. The van der Waals surface area contributed by atoms with Gasteiger partial charge >= 0.3 is 0 Å². The van der Waals surface area contributed by atoms with Gasteiger partial charge in [0.15, 0.2) is 9.84 Å². The molecule has 0 bridgehead atoms. The maximum absolute atomic E-state index is 12.5. The van der Waals surface area contributed by atoms with E-state index in [1.807, 2.05) is 0 Å². The van der Waals surface area contributed by atoms with Gasteiger partial charge in [0.2, 0.25) is 0 Å². The van der Waals surface area contributed by atoms with E-state index in [0.29, 0.717) is 23.5 Å². The lowest BCUT2D eigenvalue weighted by Crippen LogP contribution is -2.37. The Hall–Kier alpha value is -1.76. The van der Waals surface area contributed by atoms with Gasteiger partial charge in [-0.05, 0) is 18.6 Å². The van der Waals surface area contributed by atoms with Crippen LogP contribution in [-0.4, -0.2) is 58.0 Å². The van der Waals surface area contributed by atoms with Crippen LogP contribution < -0.4 is 9.47 Å². The molecule has 1 aliphatic rings. The molecule has 1 aliphatic heterocycles. The fourth-order valence-corrected chi connectivity index (χ4v) is 4.16. The fourth-order valence-electron chi connectivity index (χ4n) is 2.38. The monoisotopic (exact) mass is 313 g/mol. The SMILES string of the molecule is COc1cc(OC)cc(C(=O)N(C)[C@H]2CCS(=O)(=O)C2)c1. The molecule has 0 saturated carbocycles. The molecule has 1 aromatic rings. The summed E-state index contributed by atoms with van der Waals surface area (Å²) in [5.74, 6) is 0.956. The number of benzene rings is 1. The van der Waals surface area contributed by atoms with Gasteiger partial charge in [-0.2, -0.15) is 0 Å². The maximum Gasteiger partial charge on any atom is 0.254 e. The molecular formula is C14H19NO5S. The van der Waals surface area contributed by atoms with Gasteiger partial charge in [-0.25, -0.2) is 8.42 Å². The number of carbonyl (C=O) groups excluding carboxylic acids is 1. The number of sulfone groups is 1. The molecule has 0 aromatic heterocycles. The summed E-state index contributed by atoms with van der Waals surface area (Å²) in [6, 6.07) is 4.63. The fraction of sp³-hybridized carbons (Fsp3) is 0.500. The number of carbonyl (C=O) groups is 1. The van der Waals surface area contributed by atoms with E-state index in [0.717, 1.165) is 0 Å². The van der Waals surface area contributed by atoms with E-state index in [4.69, 9.17) is 9.47 Å². The summed E-state index contributed by atoms with van der Waals surface area (Å²) < 4.78 is 33.3. The van der Waals surface area contributed by atoms with Crippen LogP contribution in [0.3, 0.4) is 0 Å². The van der Waals surface area contributed by atoms with Crippen molar-refractivity contribution in [3.63, 3.8) is 0 Å². The molecule has 1 amide bonds. The lowest BCUT2D eigenvalue weighted by molar-refractivity contribution is 0.0747. The van der Waals surface area contributed by atoms with Crippen molar-refractivity contribution in [2.24, 2.45) is 0 Å². The van der Waals surface area contributed by atoms with Crippen LogP contribution in [0.2, 0.25) is 0 Å². The highest BCUT2D eigenvalue weighted by molar-refractivity contribution is 7.91. The van der Waals surface area contributed by atoms with Crippen LogP contribution in [0.25, 0.3) is 0 Å². The van der Waals surface area contributed by atoms with Gasteiger partial charge in [-0.15, -0.1) is 0 Å². The molecule has 1 atom stereocenters. The van der Waals surface area contributed by atoms with Gasteiger partial charge in [-0.1, -0.05) is 0 Å². The van der Waals surface area contributed by atoms with Gasteiger partial charge in [0, 0.05) is 24.7 Å². The number of ether oxygens (including phenoxy) is 2. The number of nitrogens with zero attached hydrogens (tertiary/aromatic N) is 1. The van der Waals surface area contributed by atoms with E-state index in [-0.39, 0.29) is 23.5 Å². The predicted octanol–water partition coefficient (Wildman–Crippen LogP) is 0.963. The summed E-state index contributed by atoms with van der Waals surface area (Å²) in [6.45, 7) is 0. The van der Waals surface area contributed by atoms with Crippen molar-refractivity contribution in [1.29, 1.82) is 0 Å². The number of rotatable bonds is 4. The molecule has 0 aliphatic carbocycles. The van der Waals surface area contributed by atoms with Crippen molar-refractivity contribution in [2.45, 2.75) is 12.5 Å². The van der Waals surface area contributed by atoms with E-state index >= 15 is 0 Å². The Morgan fingerprint density at radius 3 is 2.19 bits per heavy atom. The first-order valence-electron chi connectivity index (χ1n) is 6.57. The Bertz CT molecular complexity index is 619. The third kappa shape index (κ3) is 3.47. The molecular weight excluding hydrogens is 294 g/mol. The number of hydrogen-bond donors (Lipinski definition) is 0. The molecule has 0 radical (unpaired) electrons. The average molecular weight is 313 g/mol. The third-order valence-electron chi connectivity index (χ3n) is 3.67. The molecule has 2 rings (SSSR count). The largest absolute Gasteiger partial charge is 0.497 e. The maximum atomic E-state index is 12.5. The normalized spacial score (nSPS) is 20.0. The molecule has 116 valence electrons. The van der Waals surface area contributed by atoms with Crippen LogP contribution >= 0.6 is 0 Å². The molecule has 1 heterocycles. The molecule has 7 heteroatoms. The van der Waals surface area contributed by atoms with Gasteiger partial charge < -0.3 is 14.4 Å². The molecule has 1 saturated heterocycles. The first-order valence-corrected chi connectivity index (χ1v) is 8.39. The highest BCUT2D eigenvalue weighted by Gasteiger charge is 2.33. The minimum Gasteiger partial charge on any atom is -0.497 e. The number of methoxy groups -OCH3 is 2. The Labute approximate surface area is 124 Å². The van der Waals surface area contributed by atoms with Crippen LogP contribution in [-0.2, 0) is 9.84 Å². The van der Waals surface area contributed by atoms with Crippen LogP contribution in [0, 0.1) is 0 Å². The summed E-state index contributed by atoms with van der Waals surface area (Å²) in [6.07, 6.45) is 0.478. The van der Waals surface area contributed by atoms with Gasteiger partial charge in [0.25, 0.3) is 5.91 Å². The van der Waals surface area contributed by atoms with Crippen molar-refractivity contribution < 1.29 is 22.7 Å². The smallest absolute Gasteiger partial charge is 0.254 e. The zero-order valence-electron chi connectivity index (χ0n) is 12.3. The molecule has 0 N–H and O–H groups in total. The lowest BCUT2D eigenvalue weighted by Gasteiger charge is -2.23. The second kappa shape index (κ2) is 5.93. The van der Waals surface area contributed by atoms with E-state index in [1.165, 1.54) is 19.1 Å². The summed E-state index contributed by atoms with van der Waals surface area (Å²) in [5.41, 5.74) is 0.415.